The SMILES string of the molecule is CSc1cccc(NC(=O)Cn2c(=O)n(-c3ccc(CC(=O)NC(C)C)cc3)c(=O)c3ccccc32)c1. The predicted molar refractivity (Wildman–Crippen MR) is 148 cm³/mol. The van der Waals surface area contributed by atoms with Crippen LogP contribution in [-0.2, 0) is 22.6 Å². The van der Waals surface area contributed by atoms with Gasteiger partial charge in [0.2, 0.25) is 11.8 Å². The fourth-order valence-electron chi connectivity index (χ4n) is 4.07. The number of para-hydroxylation sites is 1. The molecule has 0 aliphatic rings. The van der Waals surface area contributed by atoms with Gasteiger partial charge in [-0.25, -0.2) is 9.36 Å². The number of anilines is 1. The Bertz CT molecular complexity index is 1570. The minimum Gasteiger partial charge on any atom is -0.354 e. The fraction of sp³-hybridized carbons (Fsp3) is 0.214. The summed E-state index contributed by atoms with van der Waals surface area (Å²) in [4.78, 5) is 52.9. The minimum atomic E-state index is -0.623. The van der Waals surface area contributed by atoms with E-state index in [-0.39, 0.29) is 30.8 Å². The van der Waals surface area contributed by atoms with Gasteiger partial charge in [-0.15, -0.1) is 11.8 Å². The Kier molecular flexibility index (Phi) is 7.93. The van der Waals surface area contributed by atoms with Crippen LogP contribution in [0.3, 0.4) is 0 Å². The molecule has 37 heavy (non-hydrogen) atoms. The van der Waals surface area contributed by atoms with Gasteiger partial charge in [0.25, 0.3) is 5.56 Å². The number of fused-ring (bicyclic) bond motifs is 1. The molecule has 4 rings (SSSR count). The van der Waals surface area contributed by atoms with Crippen molar-refractivity contribution >= 4 is 40.2 Å². The van der Waals surface area contributed by atoms with Crippen LogP contribution in [0.4, 0.5) is 5.69 Å². The lowest BCUT2D eigenvalue weighted by atomic mass is 10.1. The summed E-state index contributed by atoms with van der Waals surface area (Å²) in [6, 6.07) is 20.9. The van der Waals surface area contributed by atoms with Gasteiger partial charge >= 0.3 is 5.69 Å². The average molecular weight is 517 g/mol. The third-order valence-electron chi connectivity index (χ3n) is 5.71. The molecule has 0 aliphatic heterocycles. The quantitative estimate of drug-likeness (QED) is 0.349. The second kappa shape index (κ2) is 11.3. The van der Waals surface area contributed by atoms with Crippen LogP contribution in [0.2, 0.25) is 0 Å². The Morgan fingerprint density at radius 3 is 2.35 bits per heavy atom. The first-order valence-electron chi connectivity index (χ1n) is 11.8. The van der Waals surface area contributed by atoms with Gasteiger partial charge in [0, 0.05) is 16.6 Å². The Morgan fingerprint density at radius 1 is 0.919 bits per heavy atom. The van der Waals surface area contributed by atoms with E-state index >= 15 is 0 Å². The second-order valence-electron chi connectivity index (χ2n) is 8.87. The van der Waals surface area contributed by atoms with Crippen molar-refractivity contribution in [3.8, 4) is 5.69 Å². The van der Waals surface area contributed by atoms with Gasteiger partial charge in [0.15, 0.2) is 0 Å². The maximum atomic E-state index is 13.6. The van der Waals surface area contributed by atoms with Crippen molar-refractivity contribution in [1.29, 1.82) is 0 Å². The molecule has 3 aromatic carbocycles. The molecular weight excluding hydrogens is 488 g/mol. The molecular formula is C28H28N4O4S. The Hall–Kier alpha value is -4.11. The highest BCUT2D eigenvalue weighted by atomic mass is 32.2. The first kappa shape index (κ1) is 26.0. The zero-order valence-electron chi connectivity index (χ0n) is 20.9. The van der Waals surface area contributed by atoms with Crippen LogP contribution in [0.1, 0.15) is 19.4 Å². The third-order valence-corrected chi connectivity index (χ3v) is 6.44. The van der Waals surface area contributed by atoms with E-state index < -0.39 is 11.2 Å². The lowest BCUT2D eigenvalue weighted by Crippen LogP contribution is -2.40. The predicted octanol–water partition coefficient (Wildman–Crippen LogP) is 3.58. The van der Waals surface area contributed by atoms with E-state index in [1.807, 2.05) is 38.3 Å². The molecule has 0 spiro atoms. The lowest BCUT2D eigenvalue weighted by molar-refractivity contribution is -0.121. The second-order valence-corrected chi connectivity index (χ2v) is 9.75. The summed E-state index contributed by atoms with van der Waals surface area (Å²) < 4.78 is 2.36. The molecule has 9 heteroatoms. The molecule has 8 nitrogen and oxygen atoms in total. The number of hydrogen-bond donors (Lipinski definition) is 2. The molecule has 1 heterocycles. The van der Waals surface area contributed by atoms with E-state index in [2.05, 4.69) is 10.6 Å². The first-order chi connectivity index (χ1) is 17.8. The summed E-state index contributed by atoms with van der Waals surface area (Å²) in [5, 5.41) is 5.99. The van der Waals surface area contributed by atoms with E-state index in [1.165, 1.54) is 4.57 Å². The third kappa shape index (κ3) is 6.00. The van der Waals surface area contributed by atoms with Crippen molar-refractivity contribution in [3.05, 3.63) is 99.2 Å². The number of amides is 2. The Morgan fingerprint density at radius 2 is 1.65 bits per heavy atom. The lowest BCUT2D eigenvalue weighted by Gasteiger charge is -2.15. The number of hydrogen-bond acceptors (Lipinski definition) is 5. The molecule has 0 bridgehead atoms. The van der Waals surface area contributed by atoms with Gasteiger partial charge in [-0.3, -0.25) is 19.0 Å². The van der Waals surface area contributed by atoms with Crippen molar-refractivity contribution in [1.82, 2.24) is 14.5 Å². The number of thioether (sulfide) groups is 1. The number of aromatic nitrogens is 2. The smallest absolute Gasteiger partial charge is 0.336 e. The molecule has 0 saturated heterocycles. The van der Waals surface area contributed by atoms with Crippen molar-refractivity contribution in [2.24, 2.45) is 0 Å². The number of rotatable bonds is 8. The highest BCUT2D eigenvalue weighted by Gasteiger charge is 2.17. The van der Waals surface area contributed by atoms with E-state index in [0.29, 0.717) is 22.3 Å². The summed E-state index contributed by atoms with van der Waals surface area (Å²) in [6.07, 6.45) is 2.13. The number of benzene rings is 3. The molecule has 4 aromatic rings. The molecule has 2 N–H and O–H groups in total. The first-order valence-corrected chi connectivity index (χ1v) is 13.1. The van der Waals surface area contributed by atoms with Crippen LogP contribution in [0, 0.1) is 0 Å². The van der Waals surface area contributed by atoms with Crippen LogP contribution >= 0.6 is 11.8 Å². The highest BCUT2D eigenvalue weighted by molar-refractivity contribution is 7.98. The molecule has 0 radical (unpaired) electrons. The monoisotopic (exact) mass is 516 g/mol. The number of nitrogens with zero attached hydrogens (tertiary/aromatic N) is 2. The number of carbonyl (C=O) groups is 2. The van der Waals surface area contributed by atoms with Gasteiger partial charge in [-0.1, -0.05) is 30.3 Å². The Balaban J connectivity index is 1.69. The topological polar surface area (TPSA) is 102 Å². The van der Waals surface area contributed by atoms with Gasteiger partial charge < -0.3 is 10.6 Å². The van der Waals surface area contributed by atoms with Crippen molar-refractivity contribution in [2.75, 3.05) is 11.6 Å². The molecule has 0 atom stereocenters. The molecule has 190 valence electrons. The minimum absolute atomic E-state index is 0.0353. The summed E-state index contributed by atoms with van der Waals surface area (Å²) in [5.41, 5.74) is 1.01. The fourth-order valence-corrected chi connectivity index (χ4v) is 4.53. The number of nitrogens with one attached hydrogen (secondary N) is 2. The van der Waals surface area contributed by atoms with E-state index in [0.717, 1.165) is 15.0 Å². The molecule has 0 aliphatic carbocycles. The highest BCUT2D eigenvalue weighted by Crippen LogP contribution is 2.19. The van der Waals surface area contributed by atoms with Crippen molar-refractivity contribution < 1.29 is 9.59 Å². The molecule has 0 saturated carbocycles. The molecule has 1 aromatic heterocycles. The average Bonchev–Trinajstić information content (AvgIpc) is 2.87. The van der Waals surface area contributed by atoms with E-state index in [1.54, 1.807) is 66.4 Å². The van der Waals surface area contributed by atoms with Gasteiger partial charge in [-0.2, -0.15) is 0 Å². The molecule has 0 unspecified atom stereocenters. The van der Waals surface area contributed by atoms with Gasteiger partial charge in [-0.05, 0) is 68.1 Å². The Labute approximate surface area is 218 Å². The maximum Gasteiger partial charge on any atom is 0.336 e. The zero-order chi connectivity index (χ0) is 26.5. The standard InChI is InChI=1S/C28H28N4O4S/c1-18(2)29-25(33)15-19-11-13-21(14-12-19)32-27(35)23-9-4-5-10-24(23)31(28(32)36)17-26(34)30-20-7-6-8-22(16-20)37-3/h4-14,16,18H,15,17H2,1-3H3,(H,29,33)(H,30,34). The van der Waals surface area contributed by atoms with Crippen LogP contribution in [-0.4, -0.2) is 33.2 Å². The van der Waals surface area contributed by atoms with Crippen LogP contribution < -0.4 is 21.9 Å². The summed E-state index contributed by atoms with van der Waals surface area (Å²) in [6.45, 7) is 3.51. The maximum absolute atomic E-state index is 13.6. The summed E-state index contributed by atoms with van der Waals surface area (Å²) in [5.74, 6) is -0.496. The normalized spacial score (nSPS) is 11.0. The van der Waals surface area contributed by atoms with E-state index in [4.69, 9.17) is 0 Å². The van der Waals surface area contributed by atoms with Crippen LogP contribution in [0.15, 0.2) is 87.3 Å². The largest absolute Gasteiger partial charge is 0.354 e. The summed E-state index contributed by atoms with van der Waals surface area (Å²) >= 11 is 1.56. The number of carbonyl (C=O) groups excluding carboxylic acids is 2. The molecule has 0 fully saturated rings. The van der Waals surface area contributed by atoms with Gasteiger partial charge in [0.1, 0.15) is 6.54 Å². The molecule has 2 amide bonds. The zero-order valence-corrected chi connectivity index (χ0v) is 21.7. The van der Waals surface area contributed by atoms with Crippen molar-refractivity contribution in [3.63, 3.8) is 0 Å². The van der Waals surface area contributed by atoms with Gasteiger partial charge in [0.05, 0.1) is 23.0 Å². The van der Waals surface area contributed by atoms with E-state index in [9.17, 15) is 19.2 Å². The van der Waals surface area contributed by atoms with Crippen molar-refractivity contribution in [2.45, 2.75) is 37.8 Å². The summed E-state index contributed by atoms with van der Waals surface area (Å²) in [7, 11) is 0. The van der Waals surface area contributed by atoms with Crippen LogP contribution in [0.5, 0.6) is 0 Å². The van der Waals surface area contributed by atoms with Crippen LogP contribution in [0.25, 0.3) is 16.6 Å².